The average molecular weight is 292 g/mol. The number of hydrogen-bond acceptors (Lipinski definition) is 2. The van der Waals surface area contributed by atoms with E-state index in [9.17, 15) is 9.18 Å². The van der Waals surface area contributed by atoms with Crippen LogP contribution in [-0.2, 0) is 4.79 Å². The van der Waals surface area contributed by atoms with Crippen molar-refractivity contribution in [3.8, 4) is 0 Å². The fourth-order valence-corrected chi connectivity index (χ4v) is 2.83. The summed E-state index contributed by atoms with van der Waals surface area (Å²) in [4.78, 5) is 14.3. The molecule has 1 fully saturated rings. The normalized spacial score (nSPS) is 22.3. The van der Waals surface area contributed by atoms with Crippen LogP contribution in [0.1, 0.15) is 51.8 Å². The van der Waals surface area contributed by atoms with E-state index in [1.54, 1.807) is 6.07 Å². The summed E-state index contributed by atoms with van der Waals surface area (Å²) in [5, 5.41) is 3.33. The van der Waals surface area contributed by atoms with Crippen molar-refractivity contribution >= 4 is 5.91 Å². The lowest BCUT2D eigenvalue weighted by molar-refractivity contribution is -0.130. The largest absolute Gasteiger partial charge is 0.322 e. The van der Waals surface area contributed by atoms with Crippen LogP contribution in [0.25, 0.3) is 0 Å². The SMILES string of the molecule is CCC1NC(c2cccc(F)c2)N(CCCC(C)C)C1=O. The van der Waals surface area contributed by atoms with Gasteiger partial charge in [-0.05, 0) is 42.9 Å². The molecule has 2 rings (SSSR count). The molecule has 1 heterocycles. The third-order valence-electron chi connectivity index (χ3n) is 4.01. The summed E-state index contributed by atoms with van der Waals surface area (Å²) in [6, 6.07) is 6.36. The van der Waals surface area contributed by atoms with Crippen molar-refractivity contribution < 1.29 is 9.18 Å². The topological polar surface area (TPSA) is 32.3 Å². The molecule has 21 heavy (non-hydrogen) atoms. The quantitative estimate of drug-likeness (QED) is 0.870. The number of nitrogens with zero attached hydrogens (tertiary/aromatic N) is 1. The third kappa shape index (κ3) is 3.82. The van der Waals surface area contributed by atoms with Crippen molar-refractivity contribution in [2.45, 2.75) is 52.2 Å². The lowest BCUT2D eigenvalue weighted by atomic mass is 10.1. The fourth-order valence-electron chi connectivity index (χ4n) is 2.83. The molecule has 0 bridgehead atoms. The maximum absolute atomic E-state index is 13.5. The Balaban J connectivity index is 2.14. The van der Waals surface area contributed by atoms with Gasteiger partial charge in [-0.3, -0.25) is 10.1 Å². The summed E-state index contributed by atoms with van der Waals surface area (Å²) in [5.74, 6) is 0.504. The highest BCUT2D eigenvalue weighted by Gasteiger charge is 2.38. The van der Waals surface area contributed by atoms with E-state index in [2.05, 4.69) is 19.2 Å². The minimum absolute atomic E-state index is 0.135. The Labute approximate surface area is 126 Å². The van der Waals surface area contributed by atoms with Gasteiger partial charge in [0, 0.05) is 6.54 Å². The van der Waals surface area contributed by atoms with E-state index >= 15 is 0 Å². The zero-order chi connectivity index (χ0) is 15.4. The van der Waals surface area contributed by atoms with Gasteiger partial charge in [0.05, 0.1) is 6.04 Å². The van der Waals surface area contributed by atoms with E-state index in [0.29, 0.717) is 5.92 Å². The van der Waals surface area contributed by atoms with Crippen LogP contribution in [0.4, 0.5) is 4.39 Å². The molecule has 1 N–H and O–H groups in total. The Bertz CT molecular complexity index is 489. The monoisotopic (exact) mass is 292 g/mol. The molecular weight excluding hydrogens is 267 g/mol. The average Bonchev–Trinajstić information content (AvgIpc) is 2.75. The second-order valence-electron chi connectivity index (χ2n) is 6.15. The third-order valence-corrected chi connectivity index (χ3v) is 4.01. The van der Waals surface area contributed by atoms with Crippen LogP contribution < -0.4 is 5.32 Å². The first kappa shape index (κ1) is 16.0. The number of rotatable bonds is 6. The summed E-state index contributed by atoms with van der Waals surface area (Å²) in [5.41, 5.74) is 0.823. The van der Waals surface area contributed by atoms with Crippen LogP contribution in [-0.4, -0.2) is 23.4 Å². The molecule has 1 aromatic rings. The Morgan fingerprint density at radius 1 is 1.38 bits per heavy atom. The molecule has 0 aliphatic carbocycles. The van der Waals surface area contributed by atoms with Crippen molar-refractivity contribution in [1.82, 2.24) is 10.2 Å². The standard InChI is InChI=1S/C17H25FN2O/c1-4-15-17(21)20(10-6-7-12(2)3)16(19-15)13-8-5-9-14(18)11-13/h5,8-9,11-12,15-16,19H,4,6-7,10H2,1-3H3. The van der Waals surface area contributed by atoms with Gasteiger partial charge in [0.15, 0.2) is 0 Å². The van der Waals surface area contributed by atoms with Crippen molar-refractivity contribution in [3.63, 3.8) is 0 Å². The highest BCUT2D eigenvalue weighted by Crippen LogP contribution is 2.27. The summed E-state index contributed by atoms with van der Waals surface area (Å²) in [7, 11) is 0. The zero-order valence-corrected chi connectivity index (χ0v) is 13.1. The predicted octanol–water partition coefficient (Wildman–Crippen LogP) is 3.47. The smallest absolute Gasteiger partial charge is 0.241 e. The number of carbonyl (C=O) groups excluding carboxylic acids is 1. The molecule has 4 heteroatoms. The van der Waals surface area contributed by atoms with Crippen LogP contribution in [0, 0.1) is 11.7 Å². The minimum atomic E-state index is -0.260. The van der Waals surface area contributed by atoms with Crippen molar-refractivity contribution in [1.29, 1.82) is 0 Å². The second kappa shape index (κ2) is 7.03. The minimum Gasteiger partial charge on any atom is -0.322 e. The summed E-state index contributed by atoms with van der Waals surface area (Å²) in [6.07, 6.45) is 2.63. The molecule has 0 radical (unpaired) electrons. The second-order valence-corrected chi connectivity index (χ2v) is 6.15. The first-order valence-corrected chi connectivity index (χ1v) is 7.85. The van der Waals surface area contributed by atoms with Crippen molar-refractivity contribution in [2.75, 3.05) is 6.54 Å². The van der Waals surface area contributed by atoms with Crippen LogP contribution in [0.3, 0.4) is 0 Å². The van der Waals surface area contributed by atoms with Gasteiger partial charge >= 0.3 is 0 Å². The number of halogens is 1. The van der Waals surface area contributed by atoms with Gasteiger partial charge in [-0.1, -0.05) is 32.9 Å². The van der Waals surface area contributed by atoms with E-state index in [1.165, 1.54) is 12.1 Å². The highest BCUT2D eigenvalue weighted by atomic mass is 19.1. The molecule has 0 saturated carbocycles. The van der Waals surface area contributed by atoms with Gasteiger partial charge in [-0.2, -0.15) is 0 Å². The van der Waals surface area contributed by atoms with Crippen LogP contribution in [0.15, 0.2) is 24.3 Å². The van der Waals surface area contributed by atoms with E-state index < -0.39 is 0 Å². The Kier molecular flexibility index (Phi) is 5.34. The van der Waals surface area contributed by atoms with E-state index in [0.717, 1.165) is 31.4 Å². The molecule has 116 valence electrons. The van der Waals surface area contributed by atoms with Crippen LogP contribution in [0.2, 0.25) is 0 Å². The Morgan fingerprint density at radius 3 is 2.76 bits per heavy atom. The molecule has 2 atom stereocenters. The van der Waals surface area contributed by atoms with Gasteiger partial charge in [0.25, 0.3) is 0 Å². The lowest BCUT2D eigenvalue weighted by Gasteiger charge is -2.25. The summed E-state index contributed by atoms with van der Waals surface area (Å²) < 4.78 is 13.5. The molecule has 1 saturated heterocycles. The molecule has 1 amide bonds. The molecule has 1 aromatic carbocycles. The van der Waals surface area contributed by atoms with Gasteiger partial charge in [0.2, 0.25) is 5.91 Å². The molecule has 3 nitrogen and oxygen atoms in total. The number of benzene rings is 1. The van der Waals surface area contributed by atoms with E-state index in [1.807, 2.05) is 17.9 Å². The summed E-state index contributed by atoms with van der Waals surface area (Å²) in [6.45, 7) is 7.09. The molecule has 2 unspecified atom stereocenters. The maximum atomic E-state index is 13.5. The van der Waals surface area contributed by atoms with Crippen molar-refractivity contribution in [3.05, 3.63) is 35.6 Å². The van der Waals surface area contributed by atoms with E-state index in [4.69, 9.17) is 0 Å². The Hall–Kier alpha value is -1.42. The number of hydrogen-bond donors (Lipinski definition) is 1. The molecule has 0 aromatic heterocycles. The van der Waals surface area contributed by atoms with Gasteiger partial charge < -0.3 is 4.90 Å². The predicted molar refractivity (Wildman–Crippen MR) is 82.1 cm³/mol. The summed E-state index contributed by atoms with van der Waals surface area (Å²) >= 11 is 0. The number of nitrogens with one attached hydrogen (secondary N) is 1. The Morgan fingerprint density at radius 2 is 2.14 bits per heavy atom. The van der Waals surface area contributed by atoms with E-state index in [-0.39, 0.29) is 23.9 Å². The first-order valence-electron chi connectivity index (χ1n) is 7.85. The van der Waals surface area contributed by atoms with Gasteiger partial charge in [0.1, 0.15) is 12.0 Å². The lowest BCUT2D eigenvalue weighted by Crippen LogP contribution is -2.32. The van der Waals surface area contributed by atoms with Gasteiger partial charge in [-0.15, -0.1) is 0 Å². The zero-order valence-electron chi connectivity index (χ0n) is 13.1. The first-order chi connectivity index (χ1) is 10.0. The number of carbonyl (C=O) groups is 1. The number of amides is 1. The van der Waals surface area contributed by atoms with Crippen LogP contribution in [0.5, 0.6) is 0 Å². The molecule has 0 spiro atoms. The van der Waals surface area contributed by atoms with Gasteiger partial charge in [-0.25, -0.2) is 4.39 Å². The van der Waals surface area contributed by atoms with Crippen LogP contribution >= 0.6 is 0 Å². The molecular formula is C17H25FN2O. The maximum Gasteiger partial charge on any atom is 0.241 e. The highest BCUT2D eigenvalue weighted by molar-refractivity contribution is 5.84. The molecule has 1 aliphatic rings. The molecule has 1 aliphatic heterocycles. The van der Waals surface area contributed by atoms with Crippen molar-refractivity contribution in [2.24, 2.45) is 5.92 Å². The fraction of sp³-hybridized carbons (Fsp3) is 0.588.